The van der Waals surface area contributed by atoms with Crippen LogP contribution < -0.4 is 10.1 Å². The Morgan fingerprint density at radius 2 is 1.92 bits per heavy atom. The Morgan fingerprint density at radius 3 is 2.65 bits per heavy atom. The normalized spacial score (nSPS) is 11.7. The topological polar surface area (TPSA) is 51.2 Å². The van der Waals surface area contributed by atoms with Crippen LogP contribution in [0.2, 0.25) is 0 Å². The number of thiazole rings is 1. The maximum atomic E-state index is 12.6. The van der Waals surface area contributed by atoms with Gasteiger partial charge in [-0.3, -0.25) is 4.79 Å². The molecule has 3 rings (SSSR count). The van der Waals surface area contributed by atoms with E-state index in [1.54, 1.807) is 5.51 Å². The zero-order valence-corrected chi connectivity index (χ0v) is 15.5. The number of aromatic nitrogens is 1. The molecule has 26 heavy (non-hydrogen) atoms. The molecule has 0 aliphatic carbocycles. The van der Waals surface area contributed by atoms with Gasteiger partial charge in [0.25, 0.3) is 0 Å². The fraction of sp³-hybridized carbons (Fsp3) is 0.238. The van der Waals surface area contributed by atoms with Gasteiger partial charge in [0.05, 0.1) is 16.9 Å². The van der Waals surface area contributed by atoms with Gasteiger partial charge in [-0.1, -0.05) is 49.4 Å². The van der Waals surface area contributed by atoms with Crippen LogP contribution in [0.25, 0.3) is 0 Å². The van der Waals surface area contributed by atoms with Gasteiger partial charge in [-0.2, -0.15) is 0 Å². The first-order chi connectivity index (χ1) is 12.8. The summed E-state index contributed by atoms with van der Waals surface area (Å²) in [5.41, 5.74) is 4.54. The number of anilines is 1. The fourth-order valence-electron chi connectivity index (χ4n) is 2.80. The number of carbonyl (C=O) groups is 1. The Morgan fingerprint density at radius 1 is 1.15 bits per heavy atom. The van der Waals surface area contributed by atoms with Crippen molar-refractivity contribution in [3.63, 3.8) is 0 Å². The molecule has 0 aliphatic rings. The van der Waals surface area contributed by atoms with Crippen LogP contribution in [-0.2, 0) is 11.4 Å². The molecule has 4 nitrogen and oxygen atoms in total. The molecule has 0 bridgehead atoms. The first kappa shape index (κ1) is 18.1. The molecule has 1 N–H and O–H groups in total. The van der Waals surface area contributed by atoms with Crippen molar-refractivity contribution >= 4 is 22.9 Å². The van der Waals surface area contributed by atoms with E-state index in [2.05, 4.69) is 29.4 Å². The van der Waals surface area contributed by atoms with Crippen LogP contribution in [0.5, 0.6) is 5.75 Å². The molecular weight excluding hydrogens is 344 g/mol. The Balaban J connectivity index is 1.63. The van der Waals surface area contributed by atoms with Gasteiger partial charge in [0.1, 0.15) is 12.4 Å². The minimum atomic E-state index is -0.00888. The number of nitrogens with zero attached hydrogens (tertiary/aromatic N) is 1. The van der Waals surface area contributed by atoms with E-state index in [-0.39, 0.29) is 11.8 Å². The summed E-state index contributed by atoms with van der Waals surface area (Å²) in [5.74, 6) is 0.853. The van der Waals surface area contributed by atoms with Gasteiger partial charge in [0.2, 0.25) is 5.91 Å². The molecule has 0 saturated heterocycles. The first-order valence-electron chi connectivity index (χ1n) is 8.70. The van der Waals surface area contributed by atoms with E-state index >= 15 is 0 Å². The molecule has 1 unspecified atom stereocenters. The Labute approximate surface area is 157 Å². The summed E-state index contributed by atoms with van der Waals surface area (Å²) >= 11 is 1.54. The second-order valence-corrected chi connectivity index (χ2v) is 6.75. The highest BCUT2D eigenvalue weighted by Crippen LogP contribution is 2.27. The summed E-state index contributed by atoms with van der Waals surface area (Å²) in [7, 11) is 0. The van der Waals surface area contributed by atoms with E-state index in [1.807, 2.05) is 47.8 Å². The van der Waals surface area contributed by atoms with Crippen molar-refractivity contribution in [1.82, 2.24) is 4.98 Å². The number of carbonyl (C=O) groups excluding carboxylic acids is 1. The highest BCUT2D eigenvalue weighted by atomic mass is 32.1. The number of rotatable bonds is 8. The van der Waals surface area contributed by atoms with Crippen LogP contribution in [-0.4, -0.2) is 10.9 Å². The van der Waals surface area contributed by atoms with Crippen molar-refractivity contribution in [1.29, 1.82) is 0 Å². The van der Waals surface area contributed by atoms with Crippen LogP contribution in [0.1, 0.15) is 36.9 Å². The van der Waals surface area contributed by atoms with Crippen LogP contribution >= 0.6 is 11.3 Å². The lowest BCUT2D eigenvalue weighted by molar-refractivity contribution is -0.116. The van der Waals surface area contributed by atoms with Crippen molar-refractivity contribution < 1.29 is 9.53 Å². The molecule has 0 spiro atoms. The second kappa shape index (κ2) is 9.15. The smallest absolute Gasteiger partial charge is 0.225 e. The standard InChI is InChI=1S/C21H22N2O2S/c1-2-16(17-8-4-3-5-9-17)12-21(24)23-19-10-6-7-11-20(19)25-13-18-14-26-15-22-18/h3-11,14-16H,2,12-13H2,1H3,(H,23,24). The van der Waals surface area contributed by atoms with Crippen molar-refractivity contribution in [2.45, 2.75) is 32.3 Å². The van der Waals surface area contributed by atoms with Crippen LogP contribution in [0.4, 0.5) is 5.69 Å². The number of hydrogen-bond acceptors (Lipinski definition) is 4. The van der Waals surface area contributed by atoms with Crippen molar-refractivity contribution in [3.05, 3.63) is 76.7 Å². The van der Waals surface area contributed by atoms with Crippen molar-refractivity contribution in [3.8, 4) is 5.75 Å². The molecular formula is C21H22N2O2S. The van der Waals surface area contributed by atoms with E-state index < -0.39 is 0 Å². The predicted octanol–water partition coefficient (Wildman–Crippen LogP) is 5.24. The average Bonchev–Trinajstić information content (AvgIpc) is 3.20. The summed E-state index contributed by atoms with van der Waals surface area (Å²) < 4.78 is 5.83. The zero-order valence-electron chi connectivity index (χ0n) is 14.7. The third-order valence-corrected chi connectivity index (χ3v) is 4.85. The molecule has 3 aromatic rings. The number of benzene rings is 2. The Bertz CT molecular complexity index is 819. The summed E-state index contributed by atoms with van der Waals surface area (Å²) in [6, 6.07) is 17.7. The molecule has 1 amide bonds. The third-order valence-electron chi connectivity index (χ3n) is 4.22. The van der Waals surface area contributed by atoms with E-state index in [0.29, 0.717) is 24.5 Å². The zero-order chi connectivity index (χ0) is 18.2. The SMILES string of the molecule is CCC(CC(=O)Nc1ccccc1OCc1cscn1)c1ccccc1. The third kappa shape index (κ3) is 4.92. The number of amides is 1. The average molecular weight is 366 g/mol. The van der Waals surface area contributed by atoms with E-state index in [9.17, 15) is 4.79 Å². The van der Waals surface area contributed by atoms with Gasteiger partial charge in [0.15, 0.2) is 0 Å². The Hall–Kier alpha value is -2.66. The van der Waals surface area contributed by atoms with Gasteiger partial charge >= 0.3 is 0 Å². The van der Waals surface area contributed by atoms with E-state index in [4.69, 9.17) is 4.74 Å². The molecule has 1 heterocycles. The molecule has 0 saturated carbocycles. The van der Waals surface area contributed by atoms with Crippen molar-refractivity contribution in [2.24, 2.45) is 0 Å². The number of hydrogen-bond donors (Lipinski definition) is 1. The summed E-state index contributed by atoms with van der Waals surface area (Å²) in [6.45, 7) is 2.49. The maximum Gasteiger partial charge on any atom is 0.225 e. The van der Waals surface area contributed by atoms with Gasteiger partial charge in [-0.15, -0.1) is 11.3 Å². The van der Waals surface area contributed by atoms with E-state index in [0.717, 1.165) is 12.1 Å². The summed E-state index contributed by atoms with van der Waals surface area (Å²) in [5, 5.41) is 4.94. The number of para-hydroxylation sites is 2. The van der Waals surface area contributed by atoms with Gasteiger partial charge in [-0.25, -0.2) is 4.98 Å². The molecule has 0 fully saturated rings. The Kier molecular flexibility index (Phi) is 6.39. The van der Waals surface area contributed by atoms with Gasteiger partial charge < -0.3 is 10.1 Å². The number of nitrogens with one attached hydrogen (secondary N) is 1. The van der Waals surface area contributed by atoms with Crippen molar-refractivity contribution in [2.75, 3.05) is 5.32 Å². The maximum absolute atomic E-state index is 12.6. The van der Waals surface area contributed by atoms with Crippen LogP contribution in [0, 0.1) is 0 Å². The second-order valence-electron chi connectivity index (χ2n) is 6.03. The van der Waals surface area contributed by atoms with Gasteiger partial charge in [-0.05, 0) is 30.0 Å². The molecule has 0 aliphatic heterocycles. The lowest BCUT2D eigenvalue weighted by Crippen LogP contribution is -2.16. The van der Waals surface area contributed by atoms with Crippen LogP contribution in [0.15, 0.2) is 65.5 Å². The molecule has 0 radical (unpaired) electrons. The van der Waals surface area contributed by atoms with Crippen LogP contribution in [0.3, 0.4) is 0 Å². The molecule has 1 atom stereocenters. The van der Waals surface area contributed by atoms with E-state index in [1.165, 1.54) is 16.9 Å². The van der Waals surface area contributed by atoms with Gasteiger partial charge in [0, 0.05) is 11.8 Å². The fourth-order valence-corrected chi connectivity index (χ4v) is 3.35. The summed E-state index contributed by atoms with van der Waals surface area (Å²) in [4.78, 5) is 16.8. The number of ether oxygens (including phenoxy) is 1. The lowest BCUT2D eigenvalue weighted by Gasteiger charge is -2.16. The molecule has 2 aromatic carbocycles. The minimum absolute atomic E-state index is 0.00888. The lowest BCUT2D eigenvalue weighted by atomic mass is 9.93. The molecule has 134 valence electrons. The predicted molar refractivity (Wildman–Crippen MR) is 106 cm³/mol. The highest BCUT2D eigenvalue weighted by Gasteiger charge is 2.15. The first-order valence-corrected chi connectivity index (χ1v) is 9.64. The molecule has 5 heteroatoms. The molecule has 1 aromatic heterocycles. The quantitative estimate of drug-likeness (QED) is 0.593. The monoisotopic (exact) mass is 366 g/mol. The summed E-state index contributed by atoms with van der Waals surface area (Å²) in [6.07, 6.45) is 1.36. The highest BCUT2D eigenvalue weighted by molar-refractivity contribution is 7.07. The minimum Gasteiger partial charge on any atom is -0.485 e. The largest absolute Gasteiger partial charge is 0.485 e.